The van der Waals surface area contributed by atoms with Crippen molar-refractivity contribution in [2.45, 2.75) is 18.9 Å². The van der Waals surface area contributed by atoms with Gasteiger partial charge in [0, 0.05) is 11.6 Å². The molecule has 0 bridgehead atoms. The third-order valence-corrected chi connectivity index (χ3v) is 3.83. The summed E-state index contributed by atoms with van der Waals surface area (Å²) in [5.41, 5.74) is 0.878. The van der Waals surface area contributed by atoms with Gasteiger partial charge in [0.05, 0.1) is 21.3 Å². The molecule has 1 saturated carbocycles. The molecule has 0 atom stereocenters. The Morgan fingerprint density at radius 3 is 2.24 bits per heavy atom. The molecule has 1 heterocycles. The molecule has 2 aromatic rings. The van der Waals surface area contributed by atoms with Crippen LogP contribution in [0.4, 0.5) is 0 Å². The summed E-state index contributed by atoms with van der Waals surface area (Å²) in [7, 11) is 4.78. The van der Waals surface area contributed by atoms with Gasteiger partial charge < -0.3 is 14.2 Å². The Bertz CT molecular complexity index is 693. The van der Waals surface area contributed by atoms with Gasteiger partial charge in [-0.2, -0.15) is 5.10 Å². The molecule has 1 N–H and O–H groups in total. The Labute approximate surface area is 127 Å². The van der Waals surface area contributed by atoms with Crippen LogP contribution in [-0.4, -0.2) is 36.1 Å². The third kappa shape index (κ3) is 2.37. The van der Waals surface area contributed by atoms with Crippen LogP contribution in [0.25, 0.3) is 11.4 Å². The van der Waals surface area contributed by atoms with Crippen LogP contribution in [0.5, 0.6) is 17.2 Å². The molecule has 3 rings (SSSR count). The van der Waals surface area contributed by atoms with E-state index in [1.807, 2.05) is 12.1 Å². The largest absolute Gasteiger partial charge is 0.493 e. The lowest BCUT2D eigenvalue weighted by atomic mass is 10.1. The van der Waals surface area contributed by atoms with Gasteiger partial charge in [0.2, 0.25) is 5.75 Å². The average Bonchev–Trinajstić information content (AvgIpc) is 3.27. The molecule has 1 aromatic carbocycles. The number of benzene rings is 1. The minimum atomic E-state index is 0.436. The molecule has 1 aromatic heterocycles. The third-order valence-electron chi connectivity index (χ3n) is 3.54. The van der Waals surface area contributed by atoms with Crippen molar-refractivity contribution < 1.29 is 14.2 Å². The zero-order valence-electron chi connectivity index (χ0n) is 12.2. The van der Waals surface area contributed by atoms with Crippen molar-refractivity contribution >= 4 is 12.2 Å². The number of aromatic amines is 1. The number of hydrogen-bond donors (Lipinski definition) is 1. The van der Waals surface area contributed by atoms with Crippen molar-refractivity contribution in [3.05, 3.63) is 16.9 Å². The number of nitrogens with zero attached hydrogens (tertiary/aromatic N) is 2. The first-order valence-corrected chi connectivity index (χ1v) is 7.07. The van der Waals surface area contributed by atoms with Crippen LogP contribution < -0.4 is 14.2 Å². The maximum Gasteiger partial charge on any atom is 0.203 e. The Balaban J connectivity index is 2.17. The van der Waals surface area contributed by atoms with Gasteiger partial charge in [-0.3, -0.25) is 9.67 Å². The molecule has 7 heteroatoms. The Morgan fingerprint density at radius 2 is 1.76 bits per heavy atom. The van der Waals surface area contributed by atoms with Gasteiger partial charge >= 0.3 is 0 Å². The minimum Gasteiger partial charge on any atom is -0.493 e. The van der Waals surface area contributed by atoms with E-state index in [2.05, 4.69) is 14.8 Å². The van der Waals surface area contributed by atoms with E-state index in [0.29, 0.717) is 28.1 Å². The number of rotatable bonds is 5. The van der Waals surface area contributed by atoms with Crippen molar-refractivity contribution in [3.63, 3.8) is 0 Å². The van der Waals surface area contributed by atoms with Gasteiger partial charge in [-0.15, -0.1) is 0 Å². The van der Waals surface area contributed by atoms with Crippen molar-refractivity contribution in [1.29, 1.82) is 0 Å². The smallest absolute Gasteiger partial charge is 0.203 e. The first kappa shape index (κ1) is 13.9. The van der Waals surface area contributed by atoms with E-state index in [9.17, 15) is 0 Å². The van der Waals surface area contributed by atoms with Gasteiger partial charge in [-0.1, -0.05) is 0 Å². The lowest BCUT2D eigenvalue weighted by molar-refractivity contribution is 0.324. The van der Waals surface area contributed by atoms with Crippen molar-refractivity contribution in [3.8, 4) is 28.6 Å². The number of ether oxygens (including phenoxy) is 3. The van der Waals surface area contributed by atoms with Crippen LogP contribution in [0.1, 0.15) is 18.9 Å². The van der Waals surface area contributed by atoms with E-state index in [4.69, 9.17) is 26.4 Å². The van der Waals surface area contributed by atoms with E-state index >= 15 is 0 Å². The summed E-state index contributed by atoms with van der Waals surface area (Å²) in [6, 6.07) is 4.20. The highest BCUT2D eigenvalue weighted by molar-refractivity contribution is 7.71. The first-order valence-electron chi connectivity index (χ1n) is 6.67. The fraction of sp³-hybridized carbons (Fsp3) is 0.429. The van der Waals surface area contributed by atoms with Crippen molar-refractivity contribution in [2.24, 2.45) is 0 Å². The fourth-order valence-electron chi connectivity index (χ4n) is 2.39. The normalized spacial score (nSPS) is 14.0. The molecule has 0 saturated heterocycles. The van der Waals surface area contributed by atoms with E-state index in [1.54, 1.807) is 21.3 Å². The molecule has 6 nitrogen and oxygen atoms in total. The lowest BCUT2D eigenvalue weighted by Crippen LogP contribution is -2.00. The molecule has 0 aliphatic heterocycles. The summed E-state index contributed by atoms with van der Waals surface area (Å²) >= 11 is 5.32. The predicted octanol–water partition coefficient (Wildman–Crippen LogP) is 2.97. The average molecular weight is 307 g/mol. The summed E-state index contributed by atoms with van der Waals surface area (Å²) in [6.45, 7) is 0. The number of hydrogen-bond acceptors (Lipinski definition) is 5. The molecule has 0 unspecified atom stereocenters. The quantitative estimate of drug-likeness (QED) is 0.861. The summed E-state index contributed by atoms with van der Waals surface area (Å²) < 4.78 is 18.8. The second-order valence-corrected chi connectivity index (χ2v) is 5.25. The molecule has 21 heavy (non-hydrogen) atoms. The summed E-state index contributed by atoms with van der Waals surface area (Å²) in [5.74, 6) is 2.56. The fourth-order valence-corrected chi connectivity index (χ4v) is 2.67. The van der Waals surface area contributed by atoms with Crippen molar-refractivity contribution in [1.82, 2.24) is 14.8 Å². The van der Waals surface area contributed by atoms with E-state index in [1.165, 1.54) is 0 Å². The van der Waals surface area contributed by atoms with Gasteiger partial charge in [-0.25, -0.2) is 0 Å². The monoisotopic (exact) mass is 307 g/mol. The second kappa shape index (κ2) is 5.40. The summed E-state index contributed by atoms with van der Waals surface area (Å²) in [6.07, 6.45) is 2.26. The number of nitrogens with one attached hydrogen (secondary N) is 1. The van der Waals surface area contributed by atoms with Crippen LogP contribution in [0.15, 0.2) is 12.1 Å². The minimum absolute atomic E-state index is 0.436. The lowest BCUT2D eigenvalue weighted by Gasteiger charge is -2.14. The van der Waals surface area contributed by atoms with Crippen LogP contribution in [-0.2, 0) is 0 Å². The molecular formula is C14H17N3O3S. The topological polar surface area (TPSA) is 61.3 Å². The van der Waals surface area contributed by atoms with Gasteiger partial charge in [0.25, 0.3) is 0 Å². The molecule has 1 fully saturated rings. The molecule has 0 radical (unpaired) electrons. The van der Waals surface area contributed by atoms with Gasteiger partial charge in [0.15, 0.2) is 22.1 Å². The van der Waals surface area contributed by atoms with Crippen LogP contribution >= 0.6 is 12.2 Å². The number of aromatic nitrogens is 3. The molecule has 112 valence electrons. The zero-order chi connectivity index (χ0) is 15.0. The maximum absolute atomic E-state index is 5.39. The first-order chi connectivity index (χ1) is 10.2. The molecule has 0 amide bonds. The van der Waals surface area contributed by atoms with E-state index in [-0.39, 0.29) is 0 Å². The Hall–Kier alpha value is -2.02. The van der Waals surface area contributed by atoms with Crippen LogP contribution in [0, 0.1) is 4.77 Å². The standard InChI is InChI=1S/C14H17N3O3S/c1-18-10-6-8(7-11(19-2)12(10)20-3)13-15-16-14(21)17(13)9-4-5-9/h6-7,9H,4-5H2,1-3H3,(H,16,21). The molecule has 1 aliphatic carbocycles. The molecule has 0 spiro atoms. The van der Waals surface area contributed by atoms with Crippen LogP contribution in [0.2, 0.25) is 0 Å². The highest BCUT2D eigenvalue weighted by Gasteiger charge is 2.28. The summed E-state index contributed by atoms with van der Waals surface area (Å²) in [5, 5.41) is 7.21. The van der Waals surface area contributed by atoms with E-state index < -0.39 is 0 Å². The van der Waals surface area contributed by atoms with Crippen molar-refractivity contribution in [2.75, 3.05) is 21.3 Å². The SMILES string of the molecule is COc1cc(-c2n[nH]c(=S)n2C2CC2)cc(OC)c1OC. The highest BCUT2D eigenvalue weighted by Crippen LogP contribution is 2.43. The Morgan fingerprint density at radius 1 is 1.14 bits per heavy atom. The van der Waals surface area contributed by atoms with Gasteiger partial charge in [0.1, 0.15) is 0 Å². The molecular weight excluding hydrogens is 290 g/mol. The number of H-pyrrole nitrogens is 1. The Kier molecular flexibility index (Phi) is 3.59. The second-order valence-electron chi connectivity index (χ2n) is 4.87. The maximum atomic E-state index is 5.39. The van der Waals surface area contributed by atoms with Crippen LogP contribution in [0.3, 0.4) is 0 Å². The van der Waals surface area contributed by atoms with Gasteiger partial charge in [-0.05, 0) is 37.2 Å². The predicted molar refractivity (Wildman–Crippen MR) is 80.8 cm³/mol. The highest BCUT2D eigenvalue weighted by atomic mass is 32.1. The summed E-state index contributed by atoms with van der Waals surface area (Å²) in [4.78, 5) is 0. The zero-order valence-corrected chi connectivity index (χ0v) is 13.0. The van der Waals surface area contributed by atoms with E-state index in [0.717, 1.165) is 24.2 Å². The number of methoxy groups -OCH3 is 3. The molecule has 1 aliphatic rings.